The predicted octanol–water partition coefficient (Wildman–Crippen LogP) is 7.95. The smallest absolute Gasteiger partial charge is 0.461 e. The maximum absolute atomic E-state index is 12.7. The fraction of sp³-hybridized carbons (Fsp3) is 0.857. The monoisotopic (exact) mass is 805 g/mol. The van der Waals surface area contributed by atoms with Crippen molar-refractivity contribution in [1.29, 1.82) is 0 Å². The van der Waals surface area contributed by atoms with Crippen LogP contribution in [-0.4, -0.2) is 109 Å². The third kappa shape index (κ3) is 27.6. The van der Waals surface area contributed by atoms with Gasteiger partial charge in [-0.1, -0.05) is 134 Å². The van der Waals surface area contributed by atoms with E-state index in [1.165, 1.54) is 57.8 Å². The molecule has 1 saturated carbocycles. The Kier molecular flexibility index (Phi) is 28.4. The van der Waals surface area contributed by atoms with E-state index in [-0.39, 0.29) is 44.3 Å². The van der Waals surface area contributed by atoms with Crippen molar-refractivity contribution in [2.75, 3.05) is 47.5 Å². The van der Waals surface area contributed by atoms with E-state index >= 15 is 0 Å². The number of aliphatic hydroxyl groups is 3. The Bertz CT molecular complexity index is 1110. The van der Waals surface area contributed by atoms with E-state index in [0.717, 1.165) is 38.5 Å². The number of quaternary nitrogens is 1. The van der Waals surface area contributed by atoms with E-state index in [1.54, 1.807) is 24.3 Å². The van der Waals surface area contributed by atoms with Gasteiger partial charge < -0.3 is 34.2 Å². The molecule has 0 spiro atoms. The van der Waals surface area contributed by atoms with Crippen molar-refractivity contribution in [3.63, 3.8) is 0 Å². The first-order chi connectivity index (χ1) is 26.2. The van der Waals surface area contributed by atoms with Crippen molar-refractivity contribution in [2.24, 2.45) is 11.8 Å². The number of hydrogen-bond donors (Lipinski definition) is 4. The quantitative estimate of drug-likeness (QED) is 0.0164. The summed E-state index contributed by atoms with van der Waals surface area (Å²) in [6.07, 6.45) is 23.6. The molecule has 13 heteroatoms. The van der Waals surface area contributed by atoms with Crippen molar-refractivity contribution in [1.82, 2.24) is 0 Å². The zero-order valence-corrected chi connectivity index (χ0v) is 35.9. The molecule has 7 atom stereocenters. The second-order valence-corrected chi connectivity index (χ2v) is 17.8. The highest BCUT2D eigenvalue weighted by Crippen LogP contribution is 2.43. The Balaban J connectivity index is 2.58. The molecule has 0 bridgehead atoms. The van der Waals surface area contributed by atoms with Crippen molar-refractivity contribution >= 4 is 19.8 Å². The molecule has 4 N–H and O–H groups in total. The topological polar surface area (TPSA) is 169 Å². The van der Waals surface area contributed by atoms with Crippen LogP contribution in [-0.2, 0) is 32.7 Å². The lowest BCUT2D eigenvalue weighted by molar-refractivity contribution is -0.870. The number of phosphoric ester groups is 1. The third-order valence-electron chi connectivity index (χ3n) is 10.1. The Morgan fingerprint density at radius 3 is 1.96 bits per heavy atom. The van der Waals surface area contributed by atoms with Crippen LogP contribution in [0.3, 0.4) is 0 Å². The summed E-state index contributed by atoms with van der Waals surface area (Å²) in [5.74, 6) is -1.68. The third-order valence-corrected chi connectivity index (χ3v) is 11.1. The van der Waals surface area contributed by atoms with Crippen LogP contribution in [0.5, 0.6) is 0 Å². The minimum absolute atomic E-state index is 0.0169. The fourth-order valence-corrected chi connectivity index (χ4v) is 7.37. The second-order valence-electron chi connectivity index (χ2n) is 16.4. The Hall–Kier alpha value is -1.63. The van der Waals surface area contributed by atoms with Gasteiger partial charge in [-0.25, -0.2) is 4.57 Å². The van der Waals surface area contributed by atoms with Crippen molar-refractivity contribution in [2.45, 2.75) is 173 Å². The van der Waals surface area contributed by atoms with Crippen LogP contribution in [0.25, 0.3) is 0 Å². The summed E-state index contributed by atoms with van der Waals surface area (Å²) in [6, 6.07) is 0. The molecule has 0 aliphatic heterocycles. The number of likely N-dealkylation sites (N-methyl/N-ethyl adjacent to an activating group) is 1. The van der Waals surface area contributed by atoms with E-state index in [9.17, 15) is 34.4 Å². The molecule has 0 saturated heterocycles. The summed E-state index contributed by atoms with van der Waals surface area (Å²) in [4.78, 5) is 35.5. The van der Waals surface area contributed by atoms with E-state index in [2.05, 4.69) is 13.8 Å². The lowest BCUT2D eigenvalue weighted by Gasteiger charge is -2.24. The Morgan fingerprint density at radius 1 is 0.782 bits per heavy atom. The molecule has 322 valence electrons. The van der Waals surface area contributed by atoms with Gasteiger partial charge in [-0.3, -0.25) is 18.6 Å². The van der Waals surface area contributed by atoms with E-state index in [0.29, 0.717) is 30.3 Å². The molecule has 0 radical (unpaired) electrons. The maximum Gasteiger partial charge on any atom is 0.472 e. The first kappa shape index (κ1) is 51.4. The van der Waals surface area contributed by atoms with Gasteiger partial charge in [0.05, 0.1) is 52.5 Å². The summed E-state index contributed by atoms with van der Waals surface area (Å²) in [5.41, 5.74) is 0. The van der Waals surface area contributed by atoms with Gasteiger partial charge in [0.2, 0.25) is 0 Å². The largest absolute Gasteiger partial charge is 0.472 e. The number of unbranched alkanes of at least 4 members (excludes halogenated alkanes) is 14. The summed E-state index contributed by atoms with van der Waals surface area (Å²) < 4.78 is 34.1. The van der Waals surface area contributed by atoms with Crippen molar-refractivity contribution in [3.8, 4) is 0 Å². The average molecular weight is 805 g/mol. The Labute approximate surface area is 333 Å². The van der Waals surface area contributed by atoms with Crippen LogP contribution < -0.4 is 0 Å². The molecule has 0 aromatic carbocycles. The first-order valence-corrected chi connectivity index (χ1v) is 22.8. The number of nitrogens with zero attached hydrogens (tertiary/aromatic N) is 1. The van der Waals surface area contributed by atoms with Crippen LogP contribution in [0.1, 0.15) is 149 Å². The zero-order valence-electron chi connectivity index (χ0n) is 35.0. The highest BCUT2D eigenvalue weighted by molar-refractivity contribution is 7.47. The highest BCUT2D eigenvalue weighted by atomic mass is 31.2. The lowest BCUT2D eigenvalue weighted by Crippen LogP contribution is -2.37. The number of carbonyl (C=O) groups is 2. The molecule has 0 heterocycles. The fourth-order valence-electron chi connectivity index (χ4n) is 6.63. The van der Waals surface area contributed by atoms with Gasteiger partial charge in [0, 0.05) is 18.8 Å². The number of hydrogen-bond acceptors (Lipinski definition) is 10. The predicted molar refractivity (Wildman–Crippen MR) is 217 cm³/mol. The number of carbonyl (C=O) groups excluding carboxylic acids is 2. The normalized spacial score (nSPS) is 21.3. The van der Waals surface area contributed by atoms with Gasteiger partial charge in [0.25, 0.3) is 0 Å². The minimum Gasteiger partial charge on any atom is -0.461 e. The number of rotatable bonds is 34. The lowest BCUT2D eigenvalue weighted by atomic mass is 9.89. The molecule has 55 heavy (non-hydrogen) atoms. The SMILES string of the molecule is CCCCCCCCCCCCCCCC(=O)O[C@H](COC(=O)C/C=C\C[C@H]1[C@@H](/C=C/[C@H](O)CCCCC)[C@H](O)C[C@@H]1O)COP(=O)(O)OCC[N+](C)(C)C. The van der Waals surface area contributed by atoms with Crippen molar-refractivity contribution in [3.05, 3.63) is 24.3 Å². The van der Waals surface area contributed by atoms with Gasteiger partial charge in [-0.15, -0.1) is 0 Å². The maximum atomic E-state index is 12.7. The number of esters is 2. The summed E-state index contributed by atoms with van der Waals surface area (Å²) in [5, 5.41) is 31.3. The molecule has 1 unspecified atom stereocenters. The molecule has 1 aliphatic carbocycles. The van der Waals surface area contributed by atoms with Gasteiger partial charge >= 0.3 is 19.8 Å². The van der Waals surface area contributed by atoms with E-state index in [1.807, 2.05) is 21.1 Å². The number of aliphatic hydroxyl groups excluding tert-OH is 3. The number of phosphoric acid groups is 1. The zero-order chi connectivity index (χ0) is 41.0. The van der Waals surface area contributed by atoms with Gasteiger partial charge in [0.15, 0.2) is 6.10 Å². The molecular weight excluding hydrogens is 725 g/mol. The number of ether oxygens (including phenoxy) is 2. The summed E-state index contributed by atoms with van der Waals surface area (Å²) >= 11 is 0. The van der Waals surface area contributed by atoms with E-state index in [4.69, 9.17) is 18.5 Å². The first-order valence-electron chi connectivity index (χ1n) is 21.3. The molecule has 0 aromatic rings. The van der Waals surface area contributed by atoms with Crippen LogP contribution in [0.15, 0.2) is 24.3 Å². The van der Waals surface area contributed by atoms with Gasteiger partial charge in [0.1, 0.15) is 19.8 Å². The molecular formula is C42H79NO11P+. The molecule has 1 aliphatic rings. The van der Waals surface area contributed by atoms with Crippen LogP contribution in [0.2, 0.25) is 0 Å². The number of allylic oxidation sites excluding steroid dienone is 1. The molecule has 0 amide bonds. The standard InChI is InChI=1S/C42H78NO11P/c1-6-8-10-11-12-13-14-15-16-17-18-19-21-27-42(48)54-36(34-53-55(49,50)52-31-30-43(3,4)5)33-51-41(47)26-23-22-25-37-38(40(46)32-39(37)45)29-28-35(44)24-20-9-7-2/h22-23,28-29,35-40,44-46H,6-21,24-27,30-34H2,1-5H3/p+1/b23-22-,29-28+/t35-,36-,37+,38-,39+,40-/m1/s1. The van der Waals surface area contributed by atoms with Crippen LogP contribution >= 0.6 is 7.82 Å². The molecule has 12 nitrogen and oxygen atoms in total. The molecule has 1 fully saturated rings. The van der Waals surface area contributed by atoms with Crippen molar-refractivity contribution < 1.29 is 57.4 Å². The summed E-state index contributed by atoms with van der Waals surface area (Å²) in [7, 11) is 1.31. The second kappa shape index (κ2) is 30.4. The van der Waals surface area contributed by atoms with E-state index < -0.39 is 50.8 Å². The summed E-state index contributed by atoms with van der Waals surface area (Å²) in [6.45, 7) is 3.93. The Morgan fingerprint density at radius 2 is 1.36 bits per heavy atom. The minimum atomic E-state index is -4.45. The molecule has 0 aromatic heterocycles. The molecule has 1 rings (SSSR count). The van der Waals surface area contributed by atoms with Gasteiger partial charge in [-0.05, 0) is 25.2 Å². The van der Waals surface area contributed by atoms with Crippen LogP contribution in [0.4, 0.5) is 0 Å². The average Bonchev–Trinajstić information content (AvgIpc) is 3.39. The van der Waals surface area contributed by atoms with Gasteiger partial charge in [-0.2, -0.15) is 0 Å². The highest BCUT2D eigenvalue weighted by Gasteiger charge is 2.39. The van der Waals surface area contributed by atoms with Crippen LogP contribution in [0, 0.1) is 11.8 Å².